The van der Waals surface area contributed by atoms with Crippen molar-refractivity contribution >= 4 is 0 Å². The largest absolute Gasteiger partial charge is 0.392 e. The van der Waals surface area contributed by atoms with Crippen molar-refractivity contribution < 1.29 is 5.11 Å². The zero-order valence-corrected chi connectivity index (χ0v) is 9.58. The normalized spacial score (nSPS) is 16.2. The van der Waals surface area contributed by atoms with Crippen molar-refractivity contribution in [2.24, 2.45) is 5.92 Å². The van der Waals surface area contributed by atoms with E-state index in [0.29, 0.717) is 0 Å². The first-order valence-electron chi connectivity index (χ1n) is 5.46. The van der Waals surface area contributed by atoms with E-state index in [4.69, 9.17) is 0 Å². The highest BCUT2D eigenvalue weighted by atomic mass is 16.3. The van der Waals surface area contributed by atoms with Crippen LogP contribution >= 0.6 is 0 Å². The van der Waals surface area contributed by atoms with Gasteiger partial charge >= 0.3 is 0 Å². The lowest BCUT2D eigenvalue weighted by Crippen LogP contribution is -2.32. The number of rotatable bonds is 7. The smallest absolute Gasteiger partial charge is 0.0666 e. The third kappa shape index (κ3) is 7.03. The van der Waals surface area contributed by atoms with Crippen molar-refractivity contribution in [3.05, 3.63) is 0 Å². The van der Waals surface area contributed by atoms with E-state index in [9.17, 15) is 5.11 Å². The Labute approximate surface area is 82.9 Å². The maximum absolute atomic E-state index is 9.56. The van der Waals surface area contributed by atoms with Crippen molar-refractivity contribution in [1.82, 2.24) is 4.90 Å². The van der Waals surface area contributed by atoms with Gasteiger partial charge in [0.05, 0.1) is 6.10 Å². The van der Waals surface area contributed by atoms with Crippen LogP contribution in [0.25, 0.3) is 0 Å². The molecule has 0 fully saturated rings. The monoisotopic (exact) mass is 187 g/mol. The third-order valence-electron chi connectivity index (χ3n) is 2.46. The van der Waals surface area contributed by atoms with Crippen LogP contribution in [0.4, 0.5) is 0 Å². The molecule has 2 heteroatoms. The summed E-state index contributed by atoms with van der Waals surface area (Å²) in [6.07, 6.45) is 3.07. The van der Waals surface area contributed by atoms with Gasteiger partial charge in [-0.2, -0.15) is 0 Å². The minimum atomic E-state index is -0.140. The number of likely N-dealkylation sites (N-methyl/N-ethyl adjacent to an activating group) is 1. The standard InChI is InChI=1S/C11H25NO/c1-5-7-11(13)9-12(4)8-10(3)6-2/h10-11,13H,5-9H2,1-4H3. The average molecular weight is 187 g/mol. The second-order valence-corrected chi connectivity index (χ2v) is 4.18. The molecule has 0 aliphatic heterocycles. The predicted molar refractivity (Wildman–Crippen MR) is 57.9 cm³/mol. The molecule has 2 nitrogen and oxygen atoms in total. The van der Waals surface area contributed by atoms with Crippen LogP contribution in [0.1, 0.15) is 40.0 Å². The maximum atomic E-state index is 9.56. The summed E-state index contributed by atoms with van der Waals surface area (Å²) in [4.78, 5) is 2.23. The fraction of sp³-hybridized carbons (Fsp3) is 1.00. The molecule has 1 N–H and O–H groups in total. The molecule has 0 radical (unpaired) electrons. The van der Waals surface area contributed by atoms with Gasteiger partial charge in [-0.1, -0.05) is 33.6 Å². The van der Waals surface area contributed by atoms with Crippen LogP contribution in [-0.4, -0.2) is 36.2 Å². The first kappa shape index (κ1) is 12.9. The Bertz CT molecular complexity index is 117. The zero-order valence-electron chi connectivity index (χ0n) is 9.58. The molecule has 2 unspecified atom stereocenters. The second kappa shape index (κ2) is 7.34. The topological polar surface area (TPSA) is 23.5 Å². The Hall–Kier alpha value is -0.0800. The molecule has 2 atom stereocenters. The lowest BCUT2D eigenvalue weighted by molar-refractivity contribution is 0.110. The average Bonchev–Trinajstić information content (AvgIpc) is 2.04. The van der Waals surface area contributed by atoms with Crippen molar-refractivity contribution in [2.75, 3.05) is 20.1 Å². The summed E-state index contributed by atoms with van der Waals surface area (Å²) < 4.78 is 0. The number of hydrogen-bond donors (Lipinski definition) is 1. The zero-order chi connectivity index (χ0) is 10.3. The molecule has 0 amide bonds. The van der Waals surface area contributed by atoms with E-state index in [1.165, 1.54) is 6.42 Å². The van der Waals surface area contributed by atoms with Gasteiger partial charge in [0, 0.05) is 13.1 Å². The lowest BCUT2D eigenvalue weighted by atomic mass is 10.1. The molecule has 0 spiro atoms. The van der Waals surface area contributed by atoms with Crippen LogP contribution in [-0.2, 0) is 0 Å². The SMILES string of the molecule is CCCC(O)CN(C)CC(C)CC. The van der Waals surface area contributed by atoms with E-state index in [1.807, 2.05) is 0 Å². The Morgan fingerprint density at radius 2 is 1.85 bits per heavy atom. The summed E-state index contributed by atoms with van der Waals surface area (Å²) in [6, 6.07) is 0. The van der Waals surface area contributed by atoms with Crippen molar-refractivity contribution in [2.45, 2.75) is 46.1 Å². The maximum Gasteiger partial charge on any atom is 0.0666 e. The summed E-state index contributed by atoms with van der Waals surface area (Å²) in [5, 5.41) is 9.56. The van der Waals surface area contributed by atoms with E-state index < -0.39 is 0 Å². The van der Waals surface area contributed by atoms with Gasteiger partial charge in [0.1, 0.15) is 0 Å². The predicted octanol–water partition coefficient (Wildman–Crippen LogP) is 2.13. The van der Waals surface area contributed by atoms with Gasteiger partial charge < -0.3 is 10.0 Å². The van der Waals surface area contributed by atoms with Crippen LogP contribution < -0.4 is 0 Å². The highest BCUT2D eigenvalue weighted by Crippen LogP contribution is 2.04. The van der Waals surface area contributed by atoms with Gasteiger partial charge in [0.15, 0.2) is 0 Å². The molecule has 0 rings (SSSR count). The summed E-state index contributed by atoms with van der Waals surface area (Å²) in [5.74, 6) is 0.735. The highest BCUT2D eigenvalue weighted by molar-refractivity contribution is 4.63. The molecule has 0 aliphatic rings. The molecule has 0 heterocycles. The number of nitrogens with zero attached hydrogens (tertiary/aromatic N) is 1. The number of hydrogen-bond acceptors (Lipinski definition) is 2. The van der Waals surface area contributed by atoms with Gasteiger partial charge in [0.25, 0.3) is 0 Å². The summed E-state index contributed by atoms with van der Waals surface area (Å²) >= 11 is 0. The van der Waals surface area contributed by atoms with Crippen LogP contribution in [0.3, 0.4) is 0 Å². The van der Waals surface area contributed by atoms with Crippen LogP contribution in [0, 0.1) is 5.92 Å². The highest BCUT2D eigenvalue weighted by Gasteiger charge is 2.09. The van der Waals surface area contributed by atoms with Gasteiger partial charge in [-0.15, -0.1) is 0 Å². The van der Waals surface area contributed by atoms with E-state index >= 15 is 0 Å². The Morgan fingerprint density at radius 3 is 2.31 bits per heavy atom. The van der Waals surface area contributed by atoms with Crippen molar-refractivity contribution in [3.63, 3.8) is 0 Å². The van der Waals surface area contributed by atoms with Gasteiger partial charge in [-0.05, 0) is 19.4 Å². The minimum absolute atomic E-state index is 0.140. The second-order valence-electron chi connectivity index (χ2n) is 4.18. The van der Waals surface area contributed by atoms with Crippen LogP contribution in [0.5, 0.6) is 0 Å². The first-order valence-corrected chi connectivity index (χ1v) is 5.46. The van der Waals surface area contributed by atoms with E-state index in [0.717, 1.165) is 31.8 Å². The Morgan fingerprint density at radius 1 is 1.23 bits per heavy atom. The molecule has 0 aromatic heterocycles. The fourth-order valence-electron chi connectivity index (χ4n) is 1.52. The summed E-state index contributed by atoms with van der Waals surface area (Å²) in [6.45, 7) is 8.48. The number of aliphatic hydroxyl groups is 1. The number of aliphatic hydroxyl groups excluding tert-OH is 1. The van der Waals surface area contributed by atoms with E-state index in [-0.39, 0.29) is 6.10 Å². The molecule has 0 saturated heterocycles. The fourth-order valence-corrected chi connectivity index (χ4v) is 1.52. The van der Waals surface area contributed by atoms with Gasteiger partial charge in [0.2, 0.25) is 0 Å². The lowest BCUT2D eigenvalue weighted by Gasteiger charge is -2.22. The Balaban J connectivity index is 3.54. The van der Waals surface area contributed by atoms with Crippen molar-refractivity contribution in [1.29, 1.82) is 0 Å². The van der Waals surface area contributed by atoms with Crippen molar-refractivity contribution in [3.8, 4) is 0 Å². The van der Waals surface area contributed by atoms with Gasteiger partial charge in [-0.3, -0.25) is 0 Å². The molecule has 0 saturated carbocycles. The molecular formula is C11H25NO. The Kier molecular flexibility index (Phi) is 7.29. The van der Waals surface area contributed by atoms with E-state index in [1.54, 1.807) is 0 Å². The van der Waals surface area contributed by atoms with Gasteiger partial charge in [-0.25, -0.2) is 0 Å². The molecule has 0 aliphatic carbocycles. The molecule has 0 aromatic carbocycles. The summed E-state index contributed by atoms with van der Waals surface area (Å²) in [7, 11) is 2.09. The molecular weight excluding hydrogens is 162 g/mol. The van der Waals surface area contributed by atoms with Crippen LogP contribution in [0.2, 0.25) is 0 Å². The molecule has 80 valence electrons. The molecule has 0 bridgehead atoms. The summed E-state index contributed by atoms with van der Waals surface area (Å²) in [5.41, 5.74) is 0. The molecule has 0 aromatic rings. The molecule has 13 heavy (non-hydrogen) atoms. The minimum Gasteiger partial charge on any atom is -0.392 e. The quantitative estimate of drug-likeness (QED) is 0.660. The van der Waals surface area contributed by atoms with E-state index in [2.05, 4.69) is 32.7 Å². The first-order chi connectivity index (χ1) is 6.10. The van der Waals surface area contributed by atoms with Crippen LogP contribution in [0.15, 0.2) is 0 Å². The third-order valence-corrected chi connectivity index (χ3v) is 2.46.